The molecule has 2 rings (SSSR count). The number of carbonyl (C=O) groups is 1. The predicted molar refractivity (Wildman–Crippen MR) is 114 cm³/mol. The number of aromatic nitrogens is 4. The average molecular weight is 487 g/mol. The van der Waals surface area contributed by atoms with Gasteiger partial charge in [0.25, 0.3) is 0 Å². The van der Waals surface area contributed by atoms with Crippen LogP contribution in [0, 0.1) is 27.2 Å². The lowest BCUT2D eigenvalue weighted by atomic mass is 10.2. The molecule has 0 atom stereocenters. The van der Waals surface area contributed by atoms with Crippen LogP contribution in [0.3, 0.4) is 0 Å². The standard InChI is InChI=1S/C17H25N7O8S/c1-13-19-12-14(23(26)27)21(13)9-10-22(16(25)32-17(2,3)4)33(30,31)11-5-7-20-8-6-18-15(20)24(28)29/h6,8,12H,5,7,9-11H2,1-4H3. The van der Waals surface area contributed by atoms with Gasteiger partial charge in [-0.2, -0.15) is 0 Å². The van der Waals surface area contributed by atoms with Crippen LogP contribution in [0.5, 0.6) is 0 Å². The number of nitrogens with zero attached hydrogens (tertiary/aromatic N) is 7. The lowest BCUT2D eigenvalue weighted by Crippen LogP contribution is -2.43. The third-order valence-corrected chi connectivity index (χ3v) is 6.15. The van der Waals surface area contributed by atoms with Crippen molar-refractivity contribution < 1.29 is 27.8 Å². The van der Waals surface area contributed by atoms with Gasteiger partial charge >= 0.3 is 17.9 Å². The summed E-state index contributed by atoms with van der Waals surface area (Å²) in [5, 5.41) is 22.1. The molecule has 2 heterocycles. The Morgan fingerprint density at radius 1 is 1.18 bits per heavy atom. The summed E-state index contributed by atoms with van der Waals surface area (Å²) in [4.78, 5) is 40.9. The van der Waals surface area contributed by atoms with Crippen LogP contribution in [0.15, 0.2) is 18.6 Å². The summed E-state index contributed by atoms with van der Waals surface area (Å²) in [6.07, 6.45) is 2.43. The summed E-state index contributed by atoms with van der Waals surface area (Å²) in [6, 6.07) is 0. The van der Waals surface area contributed by atoms with E-state index in [2.05, 4.69) is 9.97 Å². The minimum absolute atomic E-state index is 0.0240. The van der Waals surface area contributed by atoms with Crippen molar-refractivity contribution in [2.45, 2.75) is 52.8 Å². The molecule has 0 aliphatic rings. The van der Waals surface area contributed by atoms with E-state index >= 15 is 0 Å². The Morgan fingerprint density at radius 3 is 2.42 bits per heavy atom. The molecule has 0 saturated carbocycles. The summed E-state index contributed by atoms with van der Waals surface area (Å²) in [6.45, 7) is 5.55. The monoisotopic (exact) mass is 487 g/mol. The van der Waals surface area contributed by atoms with Crippen LogP contribution in [-0.4, -0.2) is 65.7 Å². The molecular weight excluding hydrogens is 462 g/mol. The van der Waals surface area contributed by atoms with Crippen LogP contribution in [0.1, 0.15) is 33.0 Å². The summed E-state index contributed by atoms with van der Waals surface area (Å²) in [7, 11) is -4.23. The van der Waals surface area contributed by atoms with Gasteiger partial charge in [-0.3, -0.25) is 0 Å². The van der Waals surface area contributed by atoms with Crippen molar-refractivity contribution in [3.63, 3.8) is 0 Å². The Kier molecular flexibility index (Phi) is 7.73. The van der Waals surface area contributed by atoms with Gasteiger partial charge in [-0.1, -0.05) is 4.98 Å². The maximum Gasteiger partial charge on any atom is 0.434 e. The third-order valence-electron chi connectivity index (χ3n) is 4.34. The molecule has 0 fully saturated rings. The number of imidazole rings is 2. The molecule has 0 N–H and O–H groups in total. The summed E-state index contributed by atoms with van der Waals surface area (Å²) < 4.78 is 34.0. The molecule has 2 aromatic rings. The smallest absolute Gasteiger partial charge is 0.434 e. The average Bonchev–Trinajstić information content (AvgIpc) is 3.27. The first-order chi connectivity index (χ1) is 15.2. The highest BCUT2D eigenvalue weighted by molar-refractivity contribution is 7.89. The van der Waals surface area contributed by atoms with Gasteiger partial charge in [0.2, 0.25) is 10.0 Å². The lowest BCUT2D eigenvalue weighted by molar-refractivity contribution is -0.396. The minimum Gasteiger partial charge on any atom is -0.443 e. The summed E-state index contributed by atoms with van der Waals surface area (Å²) in [5.74, 6) is -1.02. The number of carbonyl (C=O) groups excluding carboxylic acids is 1. The quantitative estimate of drug-likeness (QED) is 0.353. The zero-order valence-electron chi connectivity index (χ0n) is 18.6. The van der Waals surface area contributed by atoms with E-state index in [4.69, 9.17) is 4.74 Å². The first kappa shape index (κ1) is 25.7. The van der Waals surface area contributed by atoms with Crippen molar-refractivity contribution in [3.8, 4) is 0 Å². The number of amides is 1. The van der Waals surface area contributed by atoms with E-state index in [1.54, 1.807) is 20.8 Å². The first-order valence-electron chi connectivity index (χ1n) is 9.78. The number of nitro groups is 2. The SMILES string of the molecule is Cc1ncc([N+](=O)[O-])n1CCN(C(=O)OC(C)(C)C)S(=O)(=O)CCCn1ccnc1[N+](=O)[O-]. The molecule has 182 valence electrons. The molecule has 0 aliphatic heterocycles. The fourth-order valence-corrected chi connectivity index (χ4v) is 4.24. The molecule has 0 spiro atoms. The predicted octanol–water partition coefficient (Wildman–Crippen LogP) is 1.86. The minimum atomic E-state index is -4.23. The van der Waals surface area contributed by atoms with Crippen LogP contribution in [0.4, 0.5) is 16.6 Å². The van der Waals surface area contributed by atoms with Gasteiger partial charge < -0.3 is 25.0 Å². The number of hydrogen-bond donors (Lipinski definition) is 0. The van der Waals surface area contributed by atoms with Gasteiger partial charge in [0.15, 0.2) is 5.82 Å². The third kappa shape index (κ3) is 6.71. The lowest BCUT2D eigenvalue weighted by Gasteiger charge is -2.26. The second-order valence-electron chi connectivity index (χ2n) is 7.97. The van der Waals surface area contributed by atoms with Crippen LogP contribution in [0.25, 0.3) is 0 Å². The van der Waals surface area contributed by atoms with Crippen LogP contribution < -0.4 is 0 Å². The Hall–Kier alpha value is -3.56. The Balaban J connectivity index is 2.20. The highest BCUT2D eigenvalue weighted by Crippen LogP contribution is 2.18. The zero-order valence-corrected chi connectivity index (χ0v) is 19.4. The first-order valence-corrected chi connectivity index (χ1v) is 11.4. The van der Waals surface area contributed by atoms with Crippen LogP contribution in [-0.2, 0) is 27.8 Å². The van der Waals surface area contributed by atoms with E-state index in [1.807, 2.05) is 0 Å². The molecule has 0 aromatic carbocycles. The number of sulfonamides is 1. The molecule has 2 aromatic heterocycles. The fourth-order valence-electron chi connectivity index (χ4n) is 2.90. The van der Waals surface area contributed by atoms with E-state index in [1.165, 1.54) is 28.5 Å². The molecule has 0 saturated heterocycles. The zero-order chi connectivity index (χ0) is 25.0. The number of rotatable bonds is 10. The van der Waals surface area contributed by atoms with Gasteiger partial charge in [-0.25, -0.2) is 31.6 Å². The number of ether oxygens (including phenoxy) is 1. The molecule has 0 bridgehead atoms. The van der Waals surface area contributed by atoms with Crippen LogP contribution in [0.2, 0.25) is 0 Å². The molecule has 1 amide bonds. The van der Waals surface area contributed by atoms with Crippen molar-refractivity contribution in [1.82, 2.24) is 23.4 Å². The number of hydrogen-bond acceptors (Lipinski definition) is 10. The largest absolute Gasteiger partial charge is 0.443 e. The molecule has 33 heavy (non-hydrogen) atoms. The van der Waals surface area contributed by atoms with Gasteiger partial charge in [0, 0.05) is 6.92 Å². The van der Waals surface area contributed by atoms with Crippen molar-refractivity contribution in [3.05, 3.63) is 44.6 Å². The molecule has 0 unspecified atom stereocenters. The van der Waals surface area contributed by atoms with Crippen LogP contribution >= 0.6 is 0 Å². The Morgan fingerprint density at radius 2 is 1.85 bits per heavy atom. The second-order valence-corrected chi connectivity index (χ2v) is 9.98. The fraction of sp³-hybridized carbons (Fsp3) is 0.588. The van der Waals surface area contributed by atoms with E-state index in [0.29, 0.717) is 4.31 Å². The van der Waals surface area contributed by atoms with E-state index < -0.39 is 49.8 Å². The molecular formula is C17H25N7O8S. The molecule has 0 radical (unpaired) electrons. The Labute approximate surface area is 189 Å². The molecule has 0 aliphatic carbocycles. The molecule has 15 nitrogen and oxygen atoms in total. The summed E-state index contributed by atoms with van der Waals surface area (Å²) >= 11 is 0. The van der Waals surface area contributed by atoms with E-state index in [9.17, 15) is 33.4 Å². The maximum absolute atomic E-state index is 13.0. The van der Waals surface area contributed by atoms with Crippen molar-refractivity contribution in [1.29, 1.82) is 0 Å². The van der Waals surface area contributed by atoms with E-state index in [-0.39, 0.29) is 31.2 Å². The highest BCUT2D eigenvalue weighted by atomic mass is 32.2. The normalized spacial score (nSPS) is 11.9. The van der Waals surface area contributed by atoms with Gasteiger partial charge in [0.1, 0.15) is 30.7 Å². The number of aryl methyl sites for hydroxylation is 2. The van der Waals surface area contributed by atoms with Gasteiger partial charge in [-0.05, 0) is 37.0 Å². The topological polar surface area (TPSA) is 186 Å². The molecule has 16 heteroatoms. The van der Waals surface area contributed by atoms with Gasteiger partial charge in [-0.15, -0.1) is 0 Å². The van der Waals surface area contributed by atoms with E-state index in [0.717, 1.165) is 6.20 Å². The van der Waals surface area contributed by atoms with Crippen molar-refractivity contribution in [2.24, 2.45) is 0 Å². The summed E-state index contributed by atoms with van der Waals surface area (Å²) in [5.41, 5.74) is -0.987. The van der Waals surface area contributed by atoms with Crippen molar-refractivity contribution >= 4 is 27.9 Å². The second kappa shape index (κ2) is 9.93. The van der Waals surface area contributed by atoms with Crippen molar-refractivity contribution in [2.75, 3.05) is 12.3 Å². The maximum atomic E-state index is 13.0. The Bertz CT molecular complexity index is 1130. The van der Waals surface area contributed by atoms with Gasteiger partial charge in [0.05, 0.1) is 18.8 Å². The highest BCUT2D eigenvalue weighted by Gasteiger charge is 2.33.